The summed E-state index contributed by atoms with van der Waals surface area (Å²) in [6.07, 6.45) is 1.38. The molecule has 0 saturated heterocycles. The van der Waals surface area contributed by atoms with Crippen LogP contribution in [0.25, 0.3) is 11.0 Å². The Hall–Kier alpha value is -1.43. The average Bonchev–Trinajstić information content (AvgIpc) is 2.28. The summed E-state index contributed by atoms with van der Waals surface area (Å²) in [5, 5.41) is 1.18. The van der Waals surface area contributed by atoms with Crippen LogP contribution in [-0.4, -0.2) is 25.7 Å². The molecule has 0 atom stereocenters. The lowest BCUT2D eigenvalue weighted by atomic mass is 10.1. The van der Waals surface area contributed by atoms with Gasteiger partial charge in [-0.25, -0.2) is 15.0 Å². The molecule has 0 unspecified atom stereocenters. The molecule has 0 aliphatic carbocycles. The molecule has 0 aliphatic rings. The fraction of sp³-hybridized carbons (Fsp3) is 0.455. The molecule has 0 aliphatic heterocycles. The topological polar surface area (TPSA) is 71.5 Å². The van der Waals surface area contributed by atoms with Crippen LogP contribution in [0.2, 0.25) is 0 Å². The predicted molar refractivity (Wildman–Crippen MR) is 68.4 cm³/mol. The lowest BCUT2D eigenvalue weighted by Crippen LogP contribution is -2.13. The summed E-state index contributed by atoms with van der Waals surface area (Å²) in [6.45, 7) is 6.06. The molecule has 0 aromatic carbocycles. The number of H-pyrrole nitrogens is 1. The van der Waals surface area contributed by atoms with Crippen molar-refractivity contribution in [2.45, 2.75) is 31.8 Å². The third-order valence-corrected chi connectivity index (χ3v) is 3.06. The van der Waals surface area contributed by atoms with Gasteiger partial charge in [-0.1, -0.05) is 32.5 Å². The average molecular weight is 250 g/mol. The fourth-order valence-corrected chi connectivity index (χ4v) is 2.16. The van der Waals surface area contributed by atoms with Gasteiger partial charge in [-0.15, -0.1) is 0 Å². The molecule has 0 saturated carbocycles. The Morgan fingerprint density at radius 1 is 1.41 bits per heavy atom. The number of nitrogens with one attached hydrogen (secondary N) is 1. The molecule has 0 fully saturated rings. The zero-order valence-electron chi connectivity index (χ0n) is 10.0. The van der Waals surface area contributed by atoms with Gasteiger partial charge in [0.25, 0.3) is 5.56 Å². The van der Waals surface area contributed by atoms with Crippen LogP contribution in [0, 0.1) is 0 Å². The number of aromatic amines is 1. The van der Waals surface area contributed by atoms with E-state index in [9.17, 15) is 4.79 Å². The van der Waals surface area contributed by atoms with Gasteiger partial charge in [0, 0.05) is 0 Å². The van der Waals surface area contributed by atoms with Crippen LogP contribution in [-0.2, 0) is 0 Å². The van der Waals surface area contributed by atoms with E-state index in [-0.39, 0.29) is 11.5 Å². The Morgan fingerprint density at radius 2 is 2.18 bits per heavy atom. The van der Waals surface area contributed by atoms with Crippen molar-refractivity contribution >= 4 is 22.8 Å². The summed E-state index contributed by atoms with van der Waals surface area (Å²) in [5.41, 5.74) is 1.07. The van der Waals surface area contributed by atoms with E-state index in [1.165, 1.54) is 6.33 Å². The number of fused-ring (bicyclic) bond motifs is 1. The summed E-state index contributed by atoms with van der Waals surface area (Å²) in [7, 11) is 0. The van der Waals surface area contributed by atoms with E-state index in [0.717, 1.165) is 11.4 Å². The van der Waals surface area contributed by atoms with Crippen molar-refractivity contribution in [2.24, 2.45) is 0 Å². The van der Waals surface area contributed by atoms with Crippen molar-refractivity contribution in [2.75, 3.05) is 5.75 Å². The van der Waals surface area contributed by atoms with Crippen molar-refractivity contribution in [3.05, 3.63) is 22.4 Å². The Kier molecular flexibility index (Phi) is 3.42. The largest absolute Gasteiger partial charge is 0.312 e. The first-order valence-electron chi connectivity index (χ1n) is 5.51. The van der Waals surface area contributed by atoms with Gasteiger partial charge in [0.1, 0.15) is 5.39 Å². The summed E-state index contributed by atoms with van der Waals surface area (Å²) < 4.78 is 0. The molecule has 2 heterocycles. The quantitative estimate of drug-likeness (QED) is 0.666. The highest BCUT2D eigenvalue weighted by molar-refractivity contribution is 7.99. The maximum atomic E-state index is 11.8. The van der Waals surface area contributed by atoms with Gasteiger partial charge >= 0.3 is 0 Å². The van der Waals surface area contributed by atoms with Crippen LogP contribution < -0.4 is 5.56 Å². The van der Waals surface area contributed by atoms with Gasteiger partial charge in [-0.3, -0.25) is 4.79 Å². The molecule has 17 heavy (non-hydrogen) atoms. The van der Waals surface area contributed by atoms with Crippen LogP contribution >= 0.6 is 11.8 Å². The minimum absolute atomic E-state index is 0.169. The molecule has 5 nitrogen and oxygen atoms in total. The van der Waals surface area contributed by atoms with Crippen molar-refractivity contribution in [1.82, 2.24) is 19.9 Å². The van der Waals surface area contributed by atoms with Gasteiger partial charge < -0.3 is 4.98 Å². The van der Waals surface area contributed by atoms with Gasteiger partial charge in [-0.2, -0.15) is 0 Å². The molecule has 0 bridgehead atoms. The first-order valence-corrected chi connectivity index (χ1v) is 6.50. The molecule has 2 aromatic heterocycles. The molecule has 90 valence electrons. The minimum Gasteiger partial charge on any atom is -0.312 e. The Labute approximate surface area is 103 Å². The lowest BCUT2D eigenvalue weighted by molar-refractivity contribution is 0.791. The third kappa shape index (κ3) is 2.31. The Morgan fingerprint density at radius 3 is 2.82 bits per heavy atom. The third-order valence-electron chi connectivity index (χ3n) is 2.33. The molecule has 0 spiro atoms. The smallest absolute Gasteiger partial charge is 0.262 e. The second-order valence-electron chi connectivity index (χ2n) is 3.91. The maximum Gasteiger partial charge on any atom is 0.262 e. The molecular weight excluding hydrogens is 236 g/mol. The van der Waals surface area contributed by atoms with Gasteiger partial charge in [0.2, 0.25) is 0 Å². The monoisotopic (exact) mass is 250 g/mol. The van der Waals surface area contributed by atoms with Crippen molar-refractivity contribution in [1.29, 1.82) is 0 Å². The summed E-state index contributed by atoms with van der Waals surface area (Å²) in [5.74, 6) is 1.06. The van der Waals surface area contributed by atoms with Crippen molar-refractivity contribution < 1.29 is 0 Å². The molecule has 2 aromatic rings. The van der Waals surface area contributed by atoms with E-state index < -0.39 is 0 Å². The SMILES string of the molecule is CCSc1nc(C(C)C)c2c(=O)[nH]cnc2n1. The summed E-state index contributed by atoms with van der Waals surface area (Å²) >= 11 is 1.55. The van der Waals surface area contributed by atoms with E-state index in [4.69, 9.17) is 0 Å². The van der Waals surface area contributed by atoms with Gasteiger partial charge in [-0.05, 0) is 11.7 Å². The van der Waals surface area contributed by atoms with E-state index in [2.05, 4.69) is 19.9 Å². The van der Waals surface area contributed by atoms with Crippen LogP contribution in [0.5, 0.6) is 0 Å². The fourth-order valence-electron chi connectivity index (χ4n) is 1.59. The second-order valence-corrected chi connectivity index (χ2v) is 5.14. The van der Waals surface area contributed by atoms with Crippen LogP contribution in [0.1, 0.15) is 32.4 Å². The number of aromatic nitrogens is 4. The van der Waals surface area contributed by atoms with Crippen molar-refractivity contribution in [3.63, 3.8) is 0 Å². The second kappa shape index (κ2) is 4.83. The molecule has 1 N–H and O–H groups in total. The van der Waals surface area contributed by atoms with Crippen LogP contribution in [0.3, 0.4) is 0 Å². The van der Waals surface area contributed by atoms with E-state index in [0.29, 0.717) is 16.2 Å². The number of nitrogens with zero attached hydrogens (tertiary/aromatic N) is 3. The van der Waals surface area contributed by atoms with E-state index in [1.54, 1.807) is 11.8 Å². The van der Waals surface area contributed by atoms with Gasteiger partial charge in [0.15, 0.2) is 10.8 Å². The minimum atomic E-state index is -0.174. The predicted octanol–water partition coefficient (Wildman–Crippen LogP) is 1.95. The first kappa shape index (κ1) is 12.0. The highest BCUT2D eigenvalue weighted by Gasteiger charge is 2.14. The van der Waals surface area contributed by atoms with Crippen molar-refractivity contribution in [3.8, 4) is 0 Å². The maximum absolute atomic E-state index is 11.8. The lowest BCUT2D eigenvalue weighted by Gasteiger charge is -2.08. The van der Waals surface area contributed by atoms with E-state index in [1.807, 2.05) is 20.8 Å². The number of thioether (sulfide) groups is 1. The molecule has 0 amide bonds. The number of hydrogen-bond donors (Lipinski definition) is 1. The number of hydrogen-bond acceptors (Lipinski definition) is 5. The first-order chi connectivity index (χ1) is 8.13. The zero-order chi connectivity index (χ0) is 12.4. The highest BCUT2D eigenvalue weighted by atomic mass is 32.2. The molecular formula is C11H14N4OS. The standard InChI is InChI=1S/C11H14N4OS/c1-4-17-11-14-8(6(2)3)7-9(15-11)12-5-13-10(7)16/h5-6H,4H2,1-3H3,(H,12,13,14,15,16). The van der Waals surface area contributed by atoms with Crippen LogP contribution in [0.4, 0.5) is 0 Å². The van der Waals surface area contributed by atoms with E-state index >= 15 is 0 Å². The summed E-state index contributed by atoms with van der Waals surface area (Å²) in [4.78, 5) is 27.2. The molecule has 2 rings (SSSR count). The molecule has 0 radical (unpaired) electrons. The van der Waals surface area contributed by atoms with Gasteiger partial charge in [0.05, 0.1) is 12.0 Å². The normalized spacial score (nSPS) is 11.3. The molecule has 6 heteroatoms. The Bertz CT molecular complexity index is 594. The highest BCUT2D eigenvalue weighted by Crippen LogP contribution is 2.22. The Balaban J connectivity index is 2.77. The summed E-state index contributed by atoms with van der Waals surface area (Å²) in [6, 6.07) is 0. The van der Waals surface area contributed by atoms with Crippen LogP contribution in [0.15, 0.2) is 16.3 Å². The zero-order valence-corrected chi connectivity index (χ0v) is 10.8. The number of rotatable bonds is 3.